The fourth-order valence-electron chi connectivity index (χ4n) is 3.00. The van der Waals surface area contributed by atoms with Gasteiger partial charge in [-0.05, 0) is 37.0 Å². The Balaban J connectivity index is 2.24. The highest BCUT2D eigenvalue weighted by Crippen LogP contribution is 2.24. The van der Waals surface area contributed by atoms with Crippen LogP contribution in [0.4, 0.5) is 4.39 Å². The number of nitrogens with one attached hydrogen (secondary N) is 1. The maximum absolute atomic E-state index is 13.9. The van der Waals surface area contributed by atoms with E-state index in [0.717, 1.165) is 18.9 Å². The fourth-order valence-corrected chi connectivity index (χ4v) is 4.46. The Hall–Kier alpha value is -1.47. The summed E-state index contributed by atoms with van der Waals surface area (Å²) in [6.07, 6.45) is 1.71. The number of amides is 1. The van der Waals surface area contributed by atoms with E-state index >= 15 is 0 Å². The van der Waals surface area contributed by atoms with E-state index in [1.54, 1.807) is 11.8 Å². The lowest BCUT2D eigenvalue weighted by atomic mass is 9.99. The topological polar surface area (TPSA) is 66.5 Å². The Morgan fingerprint density at radius 1 is 1.39 bits per heavy atom. The van der Waals surface area contributed by atoms with Crippen molar-refractivity contribution in [3.05, 3.63) is 29.6 Å². The minimum atomic E-state index is -3.96. The van der Waals surface area contributed by atoms with Crippen LogP contribution >= 0.6 is 0 Å². The number of aryl methyl sites for hydroxylation is 1. The van der Waals surface area contributed by atoms with Gasteiger partial charge in [0.05, 0.1) is 0 Å². The summed E-state index contributed by atoms with van der Waals surface area (Å²) in [6, 6.07) is 3.62. The second-order valence-corrected chi connectivity index (χ2v) is 7.82. The third kappa shape index (κ3) is 4.09. The Morgan fingerprint density at radius 2 is 2.09 bits per heavy atom. The summed E-state index contributed by atoms with van der Waals surface area (Å²) < 4.78 is 41.6. The molecule has 128 valence electrons. The van der Waals surface area contributed by atoms with Crippen LogP contribution in [0.2, 0.25) is 0 Å². The van der Waals surface area contributed by atoms with Crippen LogP contribution in [0.5, 0.6) is 0 Å². The molecule has 5 nitrogen and oxygen atoms in total. The lowest BCUT2D eigenvalue weighted by Crippen LogP contribution is -2.41. The first-order valence-electron chi connectivity index (χ1n) is 7.78. The van der Waals surface area contributed by atoms with Gasteiger partial charge in [0, 0.05) is 26.1 Å². The van der Waals surface area contributed by atoms with Crippen LogP contribution < -0.4 is 4.72 Å². The van der Waals surface area contributed by atoms with Crippen molar-refractivity contribution in [1.82, 2.24) is 9.62 Å². The first-order chi connectivity index (χ1) is 10.7. The number of benzene rings is 1. The third-order valence-corrected chi connectivity index (χ3v) is 5.73. The lowest BCUT2D eigenvalue weighted by molar-refractivity contribution is -0.127. The Kier molecular flexibility index (Phi) is 5.41. The third-order valence-electron chi connectivity index (χ3n) is 4.23. The summed E-state index contributed by atoms with van der Waals surface area (Å²) in [4.78, 5) is 12.9. The number of rotatable bonds is 5. The van der Waals surface area contributed by atoms with Crippen LogP contribution in [0.15, 0.2) is 23.1 Å². The molecule has 0 aromatic heterocycles. The molecule has 23 heavy (non-hydrogen) atoms. The summed E-state index contributed by atoms with van der Waals surface area (Å²) in [5, 5.41) is 0. The minimum Gasteiger partial charge on any atom is -0.341 e. The van der Waals surface area contributed by atoms with Gasteiger partial charge in [-0.2, -0.15) is 0 Å². The van der Waals surface area contributed by atoms with Gasteiger partial charge in [0.25, 0.3) is 0 Å². The smallest absolute Gasteiger partial charge is 0.243 e. The van der Waals surface area contributed by atoms with Crippen molar-refractivity contribution in [3.8, 4) is 0 Å². The molecule has 1 saturated heterocycles. The summed E-state index contributed by atoms with van der Waals surface area (Å²) in [7, 11) is -3.96. The molecule has 1 N–H and O–H groups in total. The normalized spacial score (nSPS) is 21.7. The number of nitrogens with zero attached hydrogens (tertiary/aromatic N) is 1. The molecule has 0 saturated carbocycles. The highest BCUT2D eigenvalue weighted by molar-refractivity contribution is 7.89. The van der Waals surface area contributed by atoms with E-state index in [0.29, 0.717) is 18.7 Å². The monoisotopic (exact) mass is 342 g/mol. The number of halogens is 1. The number of hydrogen-bond acceptors (Lipinski definition) is 3. The molecule has 1 aliphatic rings. The van der Waals surface area contributed by atoms with Crippen molar-refractivity contribution in [3.63, 3.8) is 0 Å². The van der Waals surface area contributed by atoms with Crippen molar-refractivity contribution < 1.29 is 17.6 Å². The second-order valence-electron chi connectivity index (χ2n) is 6.13. The number of sulfonamides is 1. The zero-order valence-electron chi connectivity index (χ0n) is 13.7. The first-order valence-corrected chi connectivity index (χ1v) is 9.27. The van der Waals surface area contributed by atoms with Gasteiger partial charge in [0.1, 0.15) is 10.7 Å². The Labute approximate surface area is 136 Å². The molecular weight excluding hydrogens is 319 g/mol. The van der Waals surface area contributed by atoms with E-state index in [1.807, 2.05) is 6.92 Å². The zero-order chi connectivity index (χ0) is 17.2. The highest BCUT2D eigenvalue weighted by atomic mass is 32.2. The van der Waals surface area contributed by atoms with Gasteiger partial charge in [-0.15, -0.1) is 0 Å². The molecule has 1 aromatic rings. The largest absolute Gasteiger partial charge is 0.341 e. The van der Waals surface area contributed by atoms with Crippen LogP contribution in [0.1, 0.15) is 32.3 Å². The molecule has 0 spiro atoms. The van der Waals surface area contributed by atoms with Crippen LogP contribution in [-0.4, -0.2) is 38.4 Å². The van der Waals surface area contributed by atoms with Crippen LogP contribution in [0, 0.1) is 18.7 Å². The highest BCUT2D eigenvalue weighted by Gasteiger charge is 2.36. The quantitative estimate of drug-likeness (QED) is 0.891. The van der Waals surface area contributed by atoms with Crippen LogP contribution in [0.3, 0.4) is 0 Å². The van der Waals surface area contributed by atoms with E-state index < -0.39 is 15.8 Å². The average Bonchev–Trinajstić information content (AvgIpc) is 2.84. The molecule has 0 bridgehead atoms. The maximum atomic E-state index is 13.9. The van der Waals surface area contributed by atoms with Gasteiger partial charge < -0.3 is 4.90 Å². The van der Waals surface area contributed by atoms with Gasteiger partial charge in [-0.3, -0.25) is 4.79 Å². The van der Waals surface area contributed by atoms with E-state index in [4.69, 9.17) is 0 Å². The molecule has 1 aromatic carbocycles. The molecule has 1 heterocycles. The van der Waals surface area contributed by atoms with Crippen molar-refractivity contribution in [2.45, 2.75) is 44.6 Å². The molecule has 2 atom stereocenters. The molecule has 7 heteroatoms. The predicted octanol–water partition coefficient (Wildman–Crippen LogP) is 2.06. The maximum Gasteiger partial charge on any atom is 0.243 e. The van der Waals surface area contributed by atoms with E-state index in [-0.39, 0.29) is 22.8 Å². The lowest BCUT2D eigenvalue weighted by Gasteiger charge is -2.19. The van der Waals surface area contributed by atoms with Gasteiger partial charge >= 0.3 is 0 Å². The zero-order valence-corrected chi connectivity index (χ0v) is 14.5. The molecule has 0 aliphatic carbocycles. The summed E-state index contributed by atoms with van der Waals surface area (Å²) >= 11 is 0. The number of carbonyl (C=O) groups is 1. The van der Waals surface area contributed by atoms with Gasteiger partial charge in [0.2, 0.25) is 15.9 Å². The molecule has 0 radical (unpaired) electrons. The minimum absolute atomic E-state index is 0.0477. The summed E-state index contributed by atoms with van der Waals surface area (Å²) in [5.41, 5.74) is 0.675. The Bertz CT molecular complexity index is 691. The van der Waals surface area contributed by atoms with E-state index in [9.17, 15) is 17.6 Å². The van der Waals surface area contributed by atoms with Crippen molar-refractivity contribution in [2.75, 3.05) is 13.1 Å². The molecule has 1 aliphatic heterocycles. The van der Waals surface area contributed by atoms with Crippen LogP contribution in [0.25, 0.3) is 0 Å². The van der Waals surface area contributed by atoms with Crippen molar-refractivity contribution in [2.24, 2.45) is 5.92 Å². The summed E-state index contributed by atoms with van der Waals surface area (Å²) in [6.45, 7) is 6.06. The number of likely N-dealkylation sites (tertiary alicyclic amines) is 1. The van der Waals surface area contributed by atoms with Gasteiger partial charge in [0.15, 0.2) is 0 Å². The fraction of sp³-hybridized carbons (Fsp3) is 0.562. The molecule has 1 fully saturated rings. The average molecular weight is 342 g/mol. The van der Waals surface area contributed by atoms with E-state index in [1.165, 1.54) is 19.1 Å². The first kappa shape index (κ1) is 17.9. The summed E-state index contributed by atoms with van der Waals surface area (Å²) in [5.74, 6) is -0.794. The number of hydrogen-bond donors (Lipinski definition) is 1. The molecule has 1 amide bonds. The SMILES string of the molecule is CCCC1CN(C(C)=O)CC1NS(=O)(=O)c1cc(C)ccc1F. The van der Waals surface area contributed by atoms with Crippen molar-refractivity contribution >= 4 is 15.9 Å². The predicted molar refractivity (Wildman–Crippen MR) is 85.9 cm³/mol. The van der Waals surface area contributed by atoms with Crippen molar-refractivity contribution in [1.29, 1.82) is 0 Å². The molecule has 2 unspecified atom stereocenters. The molecule has 2 rings (SSSR count). The molecular formula is C16H23FN2O3S. The van der Waals surface area contributed by atoms with Crippen LogP contribution in [-0.2, 0) is 14.8 Å². The van der Waals surface area contributed by atoms with E-state index in [2.05, 4.69) is 4.72 Å². The van der Waals surface area contributed by atoms with Gasteiger partial charge in [-0.1, -0.05) is 19.4 Å². The standard InChI is InChI=1S/C16H23FN2O3S/c1-4-5-13-9-19(12(3)20)10-15(13)18-23(21,22)16-8-11(2)6-7-14(16)17/h6-8,13,15,18H,4-5,9-10H2,1-3H3. The number of carbonyl (C=O) groups excluding carboxylic acids is 1. The Morgan fingerprint density at radius 3 is 2.70 bits per heavy atom. The van der Waals surface area contributed by atoms with Gasteiger partial charge in [-0.25, -0.2) is 17.5 Å². The second kappa shape index (κ2) is 6.97.